The molecule has 0 N–H and O–H groups in total. The first-order valence-corrected chi connectivity index (χ1v) is 17.8. The third-order valence-corrected chi connectivity index (χ3v) is 11.9. The maximum Gasteiger partial charge on any atom is 0.0212 e. The van der Waals surface area contributed by atoms with Gasteiger partial charge in [-0.3, -0.25) is 0 Å². The molecule has 0 nitrogen and oxygen atoms in total. The predicted octanol–water partition coefficient (Wildman–Crippen LogP) is 13.2. The van der Waals surface area contributed by atoms with Crippen molar-refractivity contribution in [2.24, 2.45) is 0 Å². The van der Waals surface area contributed by atoms with Crippen LogP contribution < -0.4 is 0 Å². The summed E-state index contributed by atoms with van der Waals surface area (Å²) in [6, 6.07) is 57.2. The number of hydrogen-bond acceptors (Lipinski definition) is 4. The summed E-state index contributed by atoms with van der Waals surface area (Å²) in [7, 11) is 0. The molecule has 0 fully saturated rings. The molecule has 0 saturated carbocycles. The average Bonchev–Trinajstić information content (AvgIpc) is 3.07. The van der Waals surface area contributed by atoms with Crippen molar-refractivity contribution in [1.29, 1.82) is 0 Å². The zero-order valence-electron chi connectivity index (χ0n) is 23.6. The van der Waals surface area contributed by atoms with Gasteiger partial charge in [0.25, 0.3) is 0 Å². The fourth-order valence-corrected chi connectivity index (χ4v) is 9.83. The molecule has 0 unspecified atom stereocenters. The van der Waals surface area contributed by atoms with Crippen LogP contribution in [-0.4, -0.2) is 0 Å². The Bertz CT molecular complexity index is 1890. The minimum absolute atomic E-state index is 1.25. The fourth-order valence-electron chi connectivity index (χ4n) is 5.67. The minimum atomic E-state index is 1.25. The van der Waals surface area contributed by atoms with E-state index in [1.54, 1.807) is 0 Å². The first-order valence-electron chi connectivity index (χ1n) is 14.5. The van der Waals surface area contributed by atoms with Gasteiger partial charge in [0.15, 0.2) is 0 Å². The lowest BCUT2D eigenvalue weighted by Gasteiger charge is -2.20. The molecule has 0 spiro atoms. The van der Waals surface area contributed by atoms with Crippen LogP contribution in [0.4, 0.5) is 0 Å². The Morgan fingerprint density at radius 1 is 0.250 bits per heavy atom. The molecule has 210 valence electrons. The number of hydrogen-bond donors (Lipinski definition) is 0. The quantitative estimate of drug-likeness (QED) is 0.152. The smallest absolute Gasteiger partial charge is 0.0212 e. The Morgan fingerprint density at radius 3 is 0.705 bits per heavy atom. The molecule has 8 aromatic rings. The minimum Gasteiger partial charge on any atom is -0.0894 e. The second-order valence-electron chi connectivity index (χ2n) is 10.5. The van der Waals surface area contributed by atoms with E-state index in [1.165, 1.54) is 71.5 Å². The Balaban J connectivity index is 1.41. The van der Waals surface area contributed by atoms with E-state index >= 15 is 0 Å². The highest BCUT2D eigenvalue weighted by molar-refractivity contribution is 8.01. The van der Waals surface area contributed by atoms with Crippen molar-refractivity contribution in [2.75, 3.05) is 0 Å². The van der Waals surface area contributed by atoms with Gasteiger partial charge in [0.1, 0.15) is 0 Å². The highest BCUT2D eigenvalue weighted by Gasteiger charge is 2.20. The lowest BCUT2D eigenvalue weighted by Crippen LogP contribution is -1.92. The first kappa shape index (κ1) is 27.7. The SMILES string of the molecule is c1ccc(Sc2cc(Sc3ccccc3)c3ccc4c(Sc5ccccc5)cc(Sc5ccccc5)c5ccc2c3c54)cc1. The largest absolute Gasteiger partial charge is 0.0894 e. The third kappa shape index (κ3) is 5.48. The maximum atomic E-state index is 2.40. The molecular formula is C40H26S4. The number of benzene rings is 8. The van der Waals surface area contributed by atoms with Crippen molar-refractivity contribution in [1.82, 2.24) is 0 Å². The molecule has 8 aromatic carbocycles. The van der Waals surface area contributed by atoms with Crippen molar-refractivity contribution >= 4 is 79.4 Å². The molecule has 0 aliphatic rings. The summed E-state index contributed by atoms with van der Waals surface area (Å²) in [6.07, 6.45) is 0. The monoisotopic (exact) mass is 634 g/mol. The van der Waals surface area contributed by atoms with Gasteiger partial charge in [0.2, 0.25) is 0 Å². The van der Waals surface area contributed by atoms with Crippen LogP contribution in [0.3, 0.4) is 0 Å². The molecule has 0 saturated heterocycles. The van der Waals surface area contributed by atoms with Crippen LogP contribution >= 0.6 is 47.0 Å². The van der Waals surface area contributed by atoms with Crippen LogP contribution in [-0.2, 0) is 0 Å². The summed E-state index contributed by atoms with van der Waals surface area (Å²) in [5.74, 6) is 0. The van der Waals surface area contributed by atoms with Gasteiger partial charge >= 0.3 is 0 Å². The topological polar surface area (TPSA) is 0 Å². The molecule has 0 atom stereocenters. The molecular weight excluding hydrogens is 609 g/mol. The molecule has 8 rings (SSSR count). The Hall–Kier alpha value is -3.80. The number of rotatable bonds is 8. The molecule has 44 heavy (non-hydrogen) atoms. The highest BCUT2D eigenvalue weighted by Crippen LogP contribution is 2.50. The second-order valence-corrected chi connectivity index (χ2v) is 14.9. The lowest BCUT2D eigenvalue weighted by atomic mass is 9.94. The molecule has 0 aromatic heterocycles. The summed E-state index contributed by atoms with van der Waals surface area (Å²) in [5, 5.41) is 7.93. The van der Waals surface area contributed by atoms with E-state index in [9.17, 15) is 0 Å². The van der Waals surface area contributed by atoms with Gasteiger partial charge in [-0.1, -0.05) is 144 Å². The van der Waals surface area contributed by atoms with Crippen molar-refractivity contribution in [3.05, 3.63) is 158 Å². The second kappa shape index (κ2) is 12.3. The van der Waals surface area contributed by atoms with E-state index < -0.39 is 0 Å². The van der Waals surface area contributed by atoms with Crippen LogP contribution in [0.2, 0.25) is 0 Å². The van der Waals surface area contributed by atoms with Crippen LogP contribution in [0.25, 0.3) is 32.3 Å². The zero-order chi connectivity index (χ0) is 29.3. The van der Waals surface area contributed by atoms with Gasteiger partial charge in [0.05, 0.1) is 0 Å². The van der Waals surface area contributed by atoms with Crippen LogP contribution in [0.5, 0.6) is 0 Å². The van der Waals surface area contributed by atoms with Gasteiger partial charge in [-0.15, -0.1) is 0 Å². The van der Waals surface area contributed by atoms with E-state index in [2.05, 4.69) is 158 Å². The summed E-state index contributed by atoms with van der Waals surface area (Å²) < 4.78 is 0. The van der Waals surface area contributed by atoms with Gasteiger partial charge in [-0.25, -0.2) is 0 Å². The maximum absolute atomic E-state index is 2.40. The van der Waals surface area contributed by atoms with Crippen molar-refractivity contribution in [3.63, 3.8) is 0 Å². The molecule has 0 aliphatic carbocycles. The molecule has 0 bridgehead atoms. The Labute approximate surface area is 274 Å². The average molecular weight is 635 g/mol. The standard InChI is InChI=1S/C40H26S4/c1-5-13-27(14-6-1)41-35-25-36(42-28-15-7-2-8-16-28)32-23-24-34-38(44-30-19-11-4-12-20-30)26-37(43-29-17-9-3-10-18-29)33-22-21-31(35)39(32)40(33)34/h1-26H. The van der Waals surface area contributed by atoms with E-state index in [0.717, 1.165) is 0 Å². The van der Waals surface area contributed by atoms with Crippen LogP contribution in [0.1, 0.15) is 0 Å². The van der Waals surface area contributed by atoms with E-state index in [-0.39, 0.29) is 0 Å². The molecule has 0 heterocycles. The van der Waals surface area contributed by atoms with Crippen LogP contribution in [0.15, 0.2) is 197 Å². The van der Waals surface area contributed by atoms with Crippen LogP contribution in [0, 0.1) is 0 Å². The molecule has 0 amide bonds. The van der Waals surface area contributed by atoms with Crippen molar-refractivity contribution in [3.8, 4) is 0 Å². The van der Waals surface area contributed by atoms with Gasteiger partial charge < -0.3 is 0 Å². The summed E-state index contributed by atoms with van der Waals surface area (Å²) in [4.78, 5) is 10.1. The van der Waals surface area contributed by atoms with E-state index in [0.29, 0.717) is 0 Å². The van der Waals surface area contributed by atoms with E-state index in [4.69, 9.17) is 0 Å². The predicted molar refractivity (Wildman–Crippen MR) is 192 cm³/mol. The molecule has 4 heteroatoms. The zero-order valence-corrected chi connectivity index (χ0v) is 26.9. The summed E-state index contributed by atoms with van der Waals surface area (Å²) >= 11 is 7.42. The van der Waals surface area contributed by atoms with Gasteiger partial charge in [-0.2, -0.15) is 0 Å². The Kier molecular flexibility index (Phi) is 7.75. The first-order chi connectivity index (χ1) is 21.8. The molecule has 0 radical (unpaired) electrons. The molecule has 0 aliphatic heterocycles. The van der Waals surface area contributed by atoms with Gasteiger partial charge in [0, 0.05) is 39.2 Å². The van der Waals surface area contributed by atoms with Crippen molar-refractivity contribution < 1.29 is 0 Å². The summed E-state index contributed by atoms with van der Waals surface area (Å²) in [5.41, 5.74) is 0. The van der Waals surface area contributed by atoms with Gasteiger partial charge in [-0.05, 0) is 93.0 Å². The van der Waals surface area contributed by atoms with E-state index in [1.807, 2.05) is 47.0 Å². The Morgan fingerprint density at radius 2 is 0.477 bits per heavy atom. The summed E-state index contributed by atoms with van der Waals surface area (Å²) in [6.45, 7) is 0. The normalized spacial score (nSPS) is 11.5. The lowest BCUT2D eigenvalue weighted by molar-refractivity contribution is 1.37. The highest BCUT2D eigenvalue weighted by atomic mass is 32.2. The van der Waals surface area contributed by atoms with Crippen molar-refractivity contribution in [2.45, 2.75) is 39.2 Å². The fraction of sp³-hybridized carbons (Fsp3) is 0. The third-order valence-electron chi connectivity index (χ3n) is 7.63.